The van der Waals surface area contributed by atoms with Crippen molar-refractivity contribution in [1.82, 2.24) is 26.6 Å². The molecule has 2 aromatic rings. The number of hydrogen-bond acceptors (Lipinski definition) is 11. The number of rotatable bonds is 23. The van der Waals surface area contributed by atoms with Crippen LogP contribution in [-0.4, -0.2) is 96.6 Å². The van der Waals surface area contributed by atoms with Gasteiger partial charge in [0.05, 0.1) is 0 Å². The molecule has 2 aromatic carbocycles. The molecule has 1 fully saturated rings. The molecular weight excluding hydrogens is 731 g/mol. The third-order valence-corrected chi connectivity index (χ3v) is 9.29. The molecule has 0 radical (unpaired) electrons. The summed E-state index contributed by atoms with van der Waals surface area (Å²) in [4.78, 5) is 102. The van der Waals surface area contributed by atoms with Gasteiger partial charge in [-0.3, -0.25) is 28.8 Å². The van der Waals surface area contributed by atoms with Gasteiger partial charge in [0.1, 0.15) is 30.8 Å². The number of carbonyl (C=O) groups is 8. The van der Waals surface area contributed by atoms with E-state index < -0.39 is 71.6 Å². The van der Waals surface area contributed by atoms with Crippen LogP contribution in [0.2, 0.25) is 0 Å². The highest BCUT2D eigenvalue weighted by Gasteiger charge is 2.38. The molecule has 0 saturated heterocycles. The molecule has 0 spiro atoms. The van der Waals surface area contributed by atoms with Gasteiger partial charge in [0, 0.05) is 25.8 Å². The Morgan fingerprint density at radius 3 is 1.98 bits per heavy atom. The van der Waals surface area contributed by atoms with Crippen molar-refractivity contribution in [3.05, 3.63) is 71.8 Å². The summed E-state index contributed by atoms with van der Waals surface area (Å²) in [6.07, 6.45) is 0.606. The number of thioether (sulfide) groups is 1. The Hall–Kier alpha value is -5.25. The number of esters is 1. The smallest absolute Gasteiger partial charge is 0.408 e. The molecule has 3 rings (SSSR count). The first-order chi connectivity index (χ1) is 26.4. The van der Waals surface area contributed by atoms with E-state index in [4.69, 9.17) is 9.47 Å². The van der Waals surface area contributed by atoms with Gasteiger partial charge in [0.2, 0.25) is 30.2 Å². The lowest BCUT2D eigenvalue weighted by Gasteiger charge is -2.26. The van der Waals surface area contributed by atoms with Crippen molar-refractivity contribution in [3.63, 3.8) is 0 Å². The Bertz CT molecular complexity index is 1590. The fourth-order valence-electron chi connectivity index (χ4n) is 5.73. The van der Waals surface area contributed by atoms with Crippen LogP contribution in [0.4, 0.5) is 4.79 Å². The van der Waals surface area contributed by atoms with Gasteiger partial charge in [-0.1, -0.05) is 74.5 Å². The molecule has 5 amide bonds. The standard InChI is InChI=1S/C39H51N5O10S/c1-25(2)21-30(42-36(49)28(41-24-45)18-20-55-3)37(50)43-31(22-26-11-6-4-7-12-26)35(48)40-19-10-15-29(38(51)54-34-32(46)16-17-33(34)47)44-39(52)53-23-27-13-8-5-9-14-27/h4-9,11-14,24-25,28-31,34H,10,15-23H2,1-3H3,(H,40,48)(H,41,45)(H,42,49)(H,43,50)(H,44,52)/t28-,29-,30-,31-/m0/s1. The second-order valence-electron chi connectivity index (χ2n) is 13.5. The lowest BCUT2D eigenvalue weighted by Crippen LogP contribution is -2.57. The molecule has 1 saturated carbocycles. The average molecular weight is 782 g/mol. The Morgan fingerprint density at radius 1 is 0.782 bits per heavy atom. The maximum Gasteiger partial charge on any atom is 0.408 e. The minimum atomic E-state index is -1.54. The fraction of sp³-hybridized carbons (Fsp3) is 0.487. The quantitative estimate of drug-likeness (QED) is 0.0477. The number of alkyl carbamates (subject to hydrolysis) is 1. The molecule has 0 unspecified atom stereocenters. The van der Waals surface area contributed by atoms with E-state index in [-0.39, 0.29) is 57.6 Å². The maximum absolute atomic E-state index is 13.7. The minimum Gasteiger partial charge on any atom is -0.445 e. The summed E-state index contributed by atoms with van der Waals surface area (Å²) in [5.74, 6) is -3.07. The first-order valence-corrected chi connectivity index (χ1v) is 19.6. The van der Waals surface area contributed by atoms with E-state index in [0.717, 1.165) is 5.56 Å². The van der Waals surface area contributed by atoms with Gasteiger partial charge in [0.15, 0.2) is 11.6 Å². The molecule has 0 aromatic heterocycles. The Kier molecular flexibility index (Phi) is 18.9. The second-order valence-corrected chi connectivity index (χ2v) is 14.5. The molecule has 16 heteroatoms. The van der Waals surface area contributed by atoms with Crippen LogP contribution < -0.4 is 26.6 Å². The molecule has 0 bridgehead atoms. The van der Waals surface area contributed by atoms with E-state index in [1.54, 1.807) is 54.6 Å². The van der Waals surface area contributed by atoms with Crippen molar-refractivity contribution in [2.75, 3.05) is 18.6 Å². The molecule has 0 heterocycles. The van der Waals surface area contributed by atoms with E-state index in [2.05, 4.69) is 26.6 Å². The van der Waals surface area contributed by atoms with Crippen molar-refractivity contribution < 1.29 is 47.8 Å². The van der Waals surface area contributed by atoms with Crippen LogP contribution in [-0.2, 0) is 56.1 Å². The summed E-state index contributed by atoms with van der Waals surface area (Å²) in [6.45, 7) is 3.71. The first-order valence-electron chi connectivity index (χ1n) is 18.3. The lowest BCUT2D eigenvalue weighted by molar-refractivity contribution is -0.159. The van der Waals surface area contributed by atoms with Crippen LogP contribution in [0.25, 0.3) is 0 Å². The number of hydrogen-bond donors (Lipinski definition) is 5. The van der Waals surface area contributed by atoms with Crippen LogP contribution in [0.3, 0.4) is 0 Å². The number of ketones is 2. The predicted molar refractivity (Wildman–Crippen MR) is 204 cm³/mol. The van der Waals surface area contributed by atoms with Gasteiger partial charge in [-0.25, -0.2) is 9.59 Å². The molecule has 1 aliphatic rings. The Labute approximate surface area is 325 Å². The monoisotopic (exact) mass is 781 g/mol. The zero-order valence-electron chi connectivity index (χ0n) is 31.4. The SMILES string of the molecule is CSCC[C@H](NC=O)C(=O)N[C@@H](CC(C)C)C(=O)N[C@@H](Cc1ccccc1)C(=O)NCCC[C@H](NC(=O)OCc1ccccc1)C(=O)OC1C(=O)CCC1=O. The largest absolute Gasteiger partial charge is 0.445 e. The van der Waals surface area contributed by atoms with Gasteiger partial charge in [0.25, 0.3) is 0 Å². The van der Waals surface area contributed by atoms with Crippen molar-refractivity contribution >= 4 is 59.5 Å². The molecule has 298 valence electrons. The highest BCUT2D eigenvalue weighted by molar-refractivity contribution is 7.98. The molecular formula is C39H51N5O10S. The fourth-order valence-corrected chi connectivity index (χ4v) is 6.20. The number of nitrogens with one attached hydrogen (secondary N) is 5. The summed E-state index contributed by atoms with van der Waals surface area (Å²) in [7, 11) is 0. The topological polar surface area (TPSA) is 215 Å². The van der Waals surface area contributed by atoms with E-state index >= 15 is 0 Å². The van der Waals surface area contributed by atoms with Crippen molar-refractivity contribution in [3.8, 4) is 0 Å². The summed E-state index contributed by atoms with van der Waals surface area (Å²) in [5.41, 5.74) is 1.47. The highest BCUT2D eigenvalue weighted by Crippen LogP contribution is 2.16. The zero-order valence-corrected chi connectivity index (χ0v) is 32.2. The second kappa shape index (κ2) is 23.5. The van der Waals surface area contributed by atoms with Crippen LogP contribution in [0, 0.1) is 5.92 Å². The van der Waals surface area contributed by atoms with E-state index in [1.807, 2.05) is 26.2 Å². The molecule has 1 aliphatic carbocycles. The molecule has 0 aliphatic heterocycles. The third kappa shape index (κ3) is 15.6. The van der Waals surface area contributed by atoms with Gasteiger partial charge < -0.3 is 36.1 Å². The normalized spacial score (nSPS) is 14.9. The van der Waals surface area contributed by atoms with Crippen LogP contribution >= 0.6 is 11.8 Å². The average Bonchev–Trinajstić information content (AvgIpc) is 3.48. The summed E-state index contributed by atoms with van der Waals surface area (Å²) in [6, 6.07) is 13.7. The van der Waals surface area contributed by atoms with Crippen molar-refractivity contribution in [1.29, 1.82) is 0 Å². The third-order valence-electron chi connectivity index (χ3n) is 8.65. The van der Waals surface area contributed by atoms with Crippen molar-refractivity contribution in [2.24, 2.45) is 5.92 Å². The van der Waals surface area contributed by atoms with Gasteiger partial charge in [-0.2, -0.15) is 11.8 Å². The predicted octanol–water partition coefficient (Wildman–Crippen LogP) is 2.15. The molecule has 5 N–H and O–H groups in total. The van der Waals surface area contributed by atoms with E-state index in [0.29, 0.717) is 24.1 Å². The van der Waals surface area contributed by atoms with E-state index in [9.17, 15) is 38.4 Å². The number of Topliss-reactive ketones (excluding diaryl/α,β-unsaturated/α-hetero) is 2. The Morgan fingerprint density at radius 2 is 1.38 bits per heavy atom. The Balaban J connectivity index is 1.68. The summed E-state index contributed by atoms with van der Waals surface area (Å²) >= 11 is 1.51. The van der Waals surface area contributed by atoms with Crippen LogP contribution in [0.5, 0.6) is 0 Å². The van der Waals surface area contributed by atoms with Crippen LogP contribution in [0.1, 0.15) is 63.5 Å². The van der Waals surface area contributed by atoms with Gasteiger partial charge in [-0.15, -0.1) is 0 Å². The van der Waals surface area contributed by atoms with Gasteiger partial charge >= 0.3 is 12.1 Å². The van der Waals surface area contributed by atoms with Crippen molar-refractivity contribution in [2.45, 2.75) is 95.7 Å². The van der Waals surface area contributed by atoms with Gasteiger partial charge in [-0.05, 0) is 54.7 Å². The number of amides is 5. The molecule has 15 nitrogen and oxygen atoms in total. The molecule has 4 atom stereocenters. The van der Waals surface area contributed by atoms with Crippen LogP contribution in [0.15, 0.2) is 60.7 Å². The highest BCUT2D eigenvalue weighted by atomic mass is 32.2. The summed E-state index contributed by atoms with van der Waals surface area (Å²) < 4.78 is 10.5. The number of ether oxygens (including phenoxy) is 2. The maximum atomic E-state index is 13.7. The molecule has 55 heavy (non-hydrogen) atoms. The summed E-state index contributed by atoms with van der Waals surface area (Å²) in [5, 5.41) is 13.3. The zero-order chi connectivity index (χ0) is 40.2. The lowest BCUT2D eigenvalue weighted by atomic mass is 10.0. The number of benzene rings is 2. The first kappa shape index (κ1) is 44.1. The van der Waals surface area contributed by atoms with E-state index in [1.165, 1.54) is 11.8 Å². The minimum absolute atomic E-state index is 0.00472. The number of carbonyl (C=O) groups excluding carboxylic acids is 8.